The van der Waals surface area contributed by atoms with Crippen molar-refractivity contribution in [3.05, 3.63) is 29.8 Å². The fraction of sp³-hybridized carbons (Fsp3) is 0.500. The molecule has 2 N–H and O–H groups in total. The molecule has 0 atom stereocenters. The lowest BCUT2D eigenvalue weighted by Gasteiger charge is -2.23. The summed E-state index contributed by atoms with van der Waals surface area (Å²) in [5.41, 5.74) is 7.32. The van der Waals surface area contributed by atoms with Crippen LogP contribution in [0.5, 0.6) is 0 Å². The van der Waals surface area contributed by atoms with E-state index in [2.05, 4.69) is 0 Å². The largest absolute Gasteiger partial charge is 0.389 e. The third-order valence-corrected chi connectivity index (χ3v) is 4.29. The lowest BCUT2D eigenvalue weighted by atomic mass is 9.98. The van der Waals surface area contributed by atoms with E-state index in [1.54, 1.807) is 4.90 Å². The number of hydrogen-bond donors (Lipinski definition) is 1. The van der Waals surface area contributed by atoms with E-state index in [0.717, 1.165) is 36.9 Å². The zero-order valence-corrected chi connectivity index (χ0v) is 12.8. The highest BCUT2D eigenvalue weighted by Gasteiger charge is 2.23. The molecular formula is C16H22N2OS. The van der Waals surface area contributed by atoms with Crippen LogP contribution in [0.2, 0.25) is 0 Å². The zero-order chi connectivity index (χ0) is 14.5. The Morgan fingerprint density at radius 2 is 1.90 bits per heavy atom. The van der Waals surface area contributed by atoms with Gasteiger partial charge in [-0.3, -0.25) is 4.79 Å². The normalized spacial score (nSPS) is 16.4. The second-order valence-electron chi connectivity index (χ2n) is 5.50. The summed E-state index contributed by atoms with van der Waals surface area (Å²) in [6.45, 7) is 0. The smallest absolute Gasteiger partial charge is 0.229 e. The molecule has 20 heavy (non-hydrogen) atoms. The Bertz CT molecular complexity index is 493. The molecule has 0 saturated heterocycles. The zero-order valence-electron chi connectivity index (χ0n) is 12.0. The predicted molar refractivity (Wildman–Crippen MR) is 86.9 cm³/mol. The molecule has 1 aromatic carbocycles. The van der Waals surface area contributed by atoms with Crippen molar-refractivity contribution in [2.24, 2.45) is 11.7 Å². The number of anilines is 1. The molecule has 1 aromatic rings. The van der Waals surface area contributed by atoms with Crippen LogP contribution in [0, 0.1) is 5.92 Å². The summed E-state index contributed by atoms with van der Waals surface area (Å²) in [6, 6.07) is 7.57. The first kappa shape index (κ1) is 15.0. The topological polar surface area (TPSA) is 46.3 Å². The van der Waals surface area contributed by atoms with Gasteiger partial charge in [-0.25, -0.2) is 0 Å². The van der Waals surface area contributed by atoms with Gasteiger partial charge >= 0.3 is 0 Å². The number of thiocarbonyl (C=S) groups is 1. The van der Waals surface area contributed by atoms with Crippen molar-refractivity contribution < 1.29 is 4.79 Å². The Kier molecular flexibility index (Phi) is 5.12. The van der Waals surface area contributed by atoms with Crippen LogP contribution in [-0.4, -0.2) is 17.9 Å². The summed E-state index contributed by atoms with van der Waals surface area (Å²) < 4.78 is 0. The predicted octanol–water partition coefficient (Wildman–Crippen LogP) is 3.25. The van der Waals surface area contributed by atoms with E-state index in [1.807, 2.05) is 31.3 Å². The molecule has 0 unspecified atom stereocenters. The first-order chi connectivity index (χ1) is 9.59. The van der Waals surface area contributed by atoms with Gasteiger partial charge < -0.3 is 10.6 Å². The van der Waals surface area contributed by atoms with Crippen molar-refractivity contribution in [2.75, 3.05) is 11.9 Å². The number of hydrogen-bond acceptors (Lipinski definition) is 2. The van der Waals surface area contributed by atoms with Gasteiger partial charge in [0.2, 0.25) is 5.91 Å². The summed E-state index contributed by atoms with van der Waals surface area (Å²) >= 11 is 4.99. The summed E-state index contributed by atoms with van der Waals surface area (Å²) in [6.07, 6.45) is 6.86. The van der Waals surface area contributed by atoms with E-state index in [1.165, 1.54) is 12.8 Å². The molecule has 2 rings (SSSR count). The molecule has 0 bridgehead atoms. The molecule has 1 aliphatic carbocycles. The van der Waals surface area contributed by atoms with Gasteiger partial charge in [0.05, 0.1) is 0 Å². The minimum Gasteiger partial charge on any atom is -0.389 e. The molecule has 108 valence electrons. The van der Waals surface area contributed by atoms with Crippen LogP contribution < -0.4 is 10.6 Å². The SMILES string of the molecule is CN(C(=O)C1CCCCCC1)c1cccc(C(N)=S)c1. The van der Waals surface area contributed by atoms with Gasteiger partial charge in [-0.05, 0) is 25.0 Å². The van der Waals surface area contributed by atoms with Crippen LogP contribution in [0.25, 0.3) is 0 Å². The summed E-state index contributed by atoms with van der Waals surface area (Å²) in [5.74, 6) is 0.378. The first-order valence-corrected chi connectivity index (χ1v) is 7.68. The fourth-order valence-electron chi connectivity index (χ4n) is 2.80. The van der Waals surface area contributed by atoms with Gasteiger partial charge in [-0.15, -0.1) is 0 Å². The van der Waals surface area contributed by atoms with Crippen molar-refractivity contribution in [2.45, 2.75) is 38.5 Å². The minimum absolute atomic E-state index is 0.163. The van der Waals surface area contributed by atoms with Gasteiger partial charge in [0.1, 0.15) is 4.99 Å². The number of nitrogens with two attached hydrogens (primary N) is 1. The molecule has 0 heterocycles. The lowest BCUT2D eigenvalue weighted by molar-refractivity contribution is -0.122. The number of benzene rings is 1. The van der Waals surface area contributed by atoms with Crippen LogP contribution in [0.15, 0.2) is 24.3 Å². The Balaban J connectivity index is 2.13. The molecule has 0 spiro atoms. The van der Waals surface area contributed by atoms with Crippen molar-refractivity contribution in [1.29, 1.82) is 0 Å². The third-order valence-electron chi connectivity index (χ3n) is 4.05. The van der Waals surface area contributed by atoms with E-state index in [9.17, 15) is 4.79 Å². The van der Waals surface area contributed by atoms with Gasteiger partial charge in [0, 0.05) is 24.2 Å². The maximum Gasteiger partial charge on any atom is 0.229 e. The van der Waals surface area contributed by atoms with Gasteiger partial charge in [0.25, 0.3) is 0 Å². The van der Waals surface area contributed by atoms with E-state index < -0.39 is 0 Å². The summed E-state index contributed by atoms with van der Waals surface area (Å²) in [4.78, 5) is 14.7. The molecule has 1 fully saturated rings. The van der Waals surface area contributed by atoms with Crippen molar-refractivity contribution in [3.8, 4) is 0 Å². The second kappa shape index (κ2) is 6.84. The number of carbonyl (C=O) groups is 1. The highest BCUT2D eigenvalue weighted by molar-refractivity contribution is 7.80. The van der Waals surface area contributed by atoms with Crippen molar-refractivity contribution >= 4 is 28.8 Å². The van der Waals surface area contributed by atoms with Gasteiger partial charge in [-0.2, -0.15) is 0 Å². The van der Waals surface area contributed by atoms with Gasteiger partial charge in [-0.1, -0.05) is 50.0 Å². The Hall–Kier alpha value is -1.42. The van der Waals surface area contributed by atoms with Crippen LogP contribution in [0.3, 0.4) is 0 Å². The van der Waals surface area contributed by atoms with Crippen LogP contribution in [-0.2, 0) is 4.79 Å². The quantitative estimate of drug-likeness (QED) is 0.686. The number of rotatable bonds is 3. The monoisotopic (exact) mass is 290 g/mol. The number of amides is 1. The molecule has 0 aromatic heterocycles. The number of nitrogens with zero attached hydrogens (tertiary/aromatic N) is 1. The highest BCUT2D eigenvalue weighted by Crippen LogP contribution is 2.26. The average molecular weight is 290 g/mol. The van der Waals surface area contributed by atoms with Crippen LogP contribution in [0.4, 0.5) is 5.69 Å². The van der Waals surface area contributed by atoms with Crippen molar-refractivity contribution in [3.63, 3.8) is 0 Å². The summed E-state index contributed by atoms with van der Waals surface area (Å²) in [5, 5.41) is 0. The fourth-order valence-corrected chi connectivity index (χ4v) is 2.92. The minimum atomic E-state index is 0.163. The van der Waals surface area contributed by atoms with Crippen LogP contribution in [0.1, 0.15) is 44.1 Å². The van der Waals surface area contributed by atoms with E-state index in [-0.39, 0.29) is 11.8 Å². The lowest BCUT2D eigenvalue weighted by Crippen LogP contribution is -2.32. The number of carbonyl (C=O) groups excluding carboxylic acids is 1. The van der Waals surface area contributed by atoms with E-state index in [0.29, 0.717) is 4.99 Å². The second-order valence-corrected chi connectivity index (χ2v) is 5.94. The molecule has 1 amide bonds. The molecule has 1 saturated carbocycles. The highest BCUT2D eigenvalue weighted by atomic mass is 32.1. The molecular weight excluding hydrogens is 268 g/mol. The van der Waals surface area contributed by atoms with Crippen molar-refractivity contribution in [1.82, 2.24) is 0 Å². The maximum atomic E-state index is 12.6. The molecule has 4 heteroatoms. The van der Waals surface area contributed by atoms with E-state index >= 15 is 0 Å². The van der Waals surface area contributed by atoms with E-state index in [4.69, 9.17) is 18.0 Å². The standard InChI is InChI=1S/C16H22N2OS/c1-18(14-10-6-9-13(11-14)15(17)20)16(19)12-7-4-2-3-5-8-12/h6,9-12H,2-5,7-8H2,1H3,(H2,17,20). The molecule has 0 aliphatic heterocycles. The molecule has 0 radical (unpaired) electrons. The maximum absolute atomic E-state index is 12.6. The molecule has 1 aliphatic rings. The van der Waals surface area contributed by atoms with Crippen LogP contribution >= 0.6 is 12.2 Å². The first-order valence-electron chi connectivity index (χ1n) is 7.27. The van der Waals surface area contributed by atoms with Gasteiger partial charge in [0.15, 0.2) is 0 Å². The third kappa shape index (κ3) is 3.57. The molecule has 3 nitrogen and oxygen atoms in total. The Morgan fingerprint density at radius 1 is 1.25 bits per heavy atom. The summed E-state index contributed by atoms with van der Waals surface area (Å²) in [7, 11) is 1.84. The average Bonchev–Trinajstić information content (AvgIpc) is 2.75. The Morgan fingerprint density at radius 3 is 2.50 bits per heavy atom. The Labute approximate surface area is 126 Å².